The van der Waals surface area contributed by atoms with Gasteiger partial charge in [0.05, 0.1) is 16.7 Å². The van der Waals surface area contributed by atoms with Gasteiger partial charge >= 0.3 is 0 Å². The quantitative estimate of drug-likeness (QED) is 0.809. The molecule has 0 radical (unpaired) electrons. The van der Waals surface area contributed by atoms with Crippen molar-refractivity contribution in [1.82, 2.24) is 9.97 Å². The molecule has 1 aromatic heterocycles. The van der Waals surface area contributed by atoms with Crippen molar-refractivity contribution in [2.75, 3.05) is 18.5 Å². The molecule has 1 aromatic carbocycles. The maximum atomic E-state index is 4.70. The fourth-order valence-corrected chi connectivity index (χ4v) is 2.12. The van der Waals surface area contributed by atoms with E-state index < -0.39 is 0 Å². The first-order valence-corrected chi connectivity index (χ1v) is 7.08. The molecule has 0 bridgehead atoms. The normalized spacial score (nSPS) is 12.7. The number of fused-ring (bicyclic) bond motifs is 1. The Morgan fingerprint density at radius 3 is 2.44 bits per heavy atom. The maximum Gasteiger partial charge on any atom is 0.150 e. The number of para-hydroxylation sites is 2. The molecule has 18 heavy (non-hydrogen) atoms. The van der Waals surface area contributed by atoms with Gasteiger partial charge in [-0.25, -0.2) is 9.97 Å². The highest BCUT2D eigenvalue weighted by atomic mass is 79.9. The standard InChI is InChI=1S/C14H18BrN3/c1-10(15)8-9-18(3)14-11(2)16-12-6-4-5-7-13(12)17-14/h4-7,10H,8-9H2,1-3H3. The van der Waals surface area contributed by atoms with E-state index in [-0.39, 0.29) is 0 Å². The third kappa shape index (κ3) is 2.99. The van der Waals surface area contributed by atoms with Crippen LogP contribution in [0.25, 0.3) is 11.0 Å². The number of anilines is 1. The van der Waals surface area contributed by atoms with Crippen LogP contribution in [0, 0.1) is 6.92 Å². The summed E-state index contributed by atoms with van der Waals surface area (Å²) in [7, 11) is 2.07. The van der Waals surface area contributed by atoms with E-state index in [9.17, 15) is 0 Å². The van der Waals surface area contributed by atoms with Crippen molar-refractivity contribution in [3.8, 4) is 0 Å². The SMILES string of the molecule is Cc1nc2ccccc2nc1N(C)CCC(C)Br. The Kier molecular flexibility index (Phi) is 4.17. The number of nitrogens with zero attached hydrogens (tertiary/aromatic N) is 3. The van der Waals surface area contributed by atoms with Crippen LogP contribution in [-0.2, 0) is 0 Å². The molecule has 0 saturated carbocycles. The van der Waals surface area contributed by atoms with Crippen LogP contribution in [0.2, 0.25) is 0 Å². The lowest BCUT2D eigenvalue weighted by Crippen LogP contribution is -2.22. The van der Waals surface area contributed by atoms with E-state index in [4.69, 9.17) is 4.98 Å². The van der Waals surface area contributed by atoms with Crippen molar-refractivity contribution in [2.45, 2.75) is 25.1 Å². The first-order valence-electron chi connectivity index (χ1n) is 6.16. The second-order valence-corrected chi connectivity index (χ2v) is 6.18. The number of aryl methyl sites for hydroxylation is 1. The average molecular weight is 308 g/mol. The van der Waals surface area contributed by atoms with Gasteiger partial charge in [0.15, 0.2) is 5.82 Å². The van der Waals surface area contributed by atoms with Crippen molar-refractivity contribution in [3.63, 3.8) is 0 Å². The van der Waals surface area contributed by atoms with E-state index in [1.54, 1.807) is 0 Å². The number of aromatic nitrogens is 2. The summed E-state index contributed by atoms with van der Waals surface area (Å²) in [5.74, 6) is 0.974. The van der Waals surface area contributed by atoms with Crippen LogP contribution < -0.4 is 4.90 Å². The predicted octanol–water partition coefficient (Wildman–Crippen LogP) is 3.55. The molecule has 0 aliphatic heterocycles. The highest BCUT2D eigenvalue weighted by molar-refractivity contribution is 9.09. The summed E-state index contributed by atoms with van der Waals surface area (Å²) >= 11 is 3.57. The number of benzene rings is 1. The zero-order chi connectivity index (χ0) is 13.1. The number of hydrogen-bond donors (Lipinski definition) is 0. The van der Waals surface area contributed by atoms with Crippen LogP contribution in [0.4, 0.5) is 5.82 Å². The lowest BCUT2D eigenvalue weighted by atomic mass is 10.2. The van der Waals surface area contributed by atoms with Crippen LogP contribution in [0.5, 0.6) is 0 Å². The molecule has 2 rings (SSSR count). The first-order chi connectivity index (χ1) is 8.58. The van der Waals surface area contributed by atoms with Gasteiger partial charge in [-0.15, -0.1) is 0 Å². The molecule has 0 fully saturated rings. The van der Waals surface area contributed by atoms with Gasteiger partial charge in [0.2, 0.25) is 0 Å². The third-order valence-electron chi connectivity index (χ3n) is 2.94. The van der Waals surface area contributed by atoms with Gasteiger partial charge in [0, 0.05) is 18.4 Å². The largest absolute Gasteiger partial charge is 0.358 e. The van der Waals surface area contributed by atoms with Crippen molar-refractivity contribution in [2.24, 2.45) is 0 Å². The Hall–Kier alpha value is -1.16. The van der Waals surface area contributed by atoms with Gasteiger partial charge in [-0.3, -0.25) is 0 Å². The summed E-state index contributed by atoms with van der Waals surface area (Å²) in [5, 5.41) is 0. The summed E-state index contributed by atoms with van der Waals surface area (Å²) < 4.78 is 0. The zero-order valence-electron chi connectivity index (χ0n) is 11.0. The molecule has 4 heteroatoms. The Labute approximate surface area is 116 Å². The van der Waals surface area contributed by atoms with E-state index >= 15 is 0 Å². The molecular weight excluding hydrogens is 290 g/mol. The summed E-state index contributed by atoms with van der Waals surface area (Å²) in [4.78, 5) is 12.0. The minimum Gasteiger partial charge on any atom is -0.358 e. The maximum absolute atomic E-state index is 4.70. The molecule has 2 aromatic rings. The Morgan fingerprint density at radius 2 is 1.83 bits per heavy atom. The molecule has 0 aliphatic carbocycles. The number of hydrogen-bond acceptors (Lipinski definition) is 3. The van der Waals surface area contributed by atoms with Gasteiger partial charge in [0.25, 0.3) is 0 Å². The van der Waals surface area contributed by atoms with Crippen molar-refractivity contribution in [3.05, 3.63) is 30.0 Å². The molecule has 96 valence electrons. The van der Waals surface area contributed by atoms with Crippen LogP contribution in [0.1, 0.15) is 19.0 Å². The molecule has 0 saturated heterocycles. The van der Waals surface area contributed by atoms with Gasteiger partial charge in [-0.2, -0.15) is 0 Å². The lowest BCUT2D eigenvalue weighted by Gasteiger charge is -2.20. The molecular formula is C14H18BrN3. The molecule has 0 spiro atoms. The summed E-state index contributed by atoms with van der Waals surface area (Å²) in [6, 6.07) is 7.99. The molecule has 0 N–H and O–H groups in total. The summed E-state index contributed by atoms with van der Waals surface area (Å²) in [5.41, 5.74) is 2.90. The van der Waals surface area contributed by atoms with Crippen molar-refractivity contribution in [1.29, 1.82) is 0 Å². The van der Waals surface area contributed by atoms with Crippen molar-refractivity contribution < 1.29 is 0 Å². The van der Waals surface area contributed by atoms with Crippen LogP contribution in [0.3, 0.4) is 0 Å². The second-order valence-electron chi connectivity index (χ2n) is 4.61. The van der Waals surface area contributed by atoms with E-state index in [1.807, 2.05) is 31.2 Å². The molecule has 0 aliphatic rings. The van der Waals surface area contributed by atoms with Gasteiger partial charge in [-0.05, 0) is 25.5 Å². The van der Waals surface area contributed by atoms with Gasteiger partial charge < -0.3 is 4.90 Å². The number of alkyl halides is 1. The van der Waals surface area contributed by atoms with E-state index in [2.05, 4.69) is 39.8 Å². The van der Waals surface area contributed by atoms with E-state index in [0.717, 1.165) is 35.5 Å². The van der Waals surface area contributed by atoms with Crippen molar-refractivity contribution >= 4 is 32.8 Å². The molecule has 1 heterocycles. The molecule has 1 unspecified atom stereocenters. The fourth-order valence-electron chi connectivity index (χ4n) is 1.92. The van der Waals surface area contributed by atoms with Gasteiger partial charge in [0.1, 0.15) is 0 Å². The third-order valence-corrected chi connectivity index (χ3v) is 3.40. The predicted molar refractivity (Wildman–Crippen MR) is 80.6 cm³/mol. The number of halogens is 1. The average Bonchev–Trinajstić information content (AvgIpc) is 2.35. The minimum atomic E-state index is 0.522. The highest BCUT2D eigenvalue weighted by Gasteiger charge is 2.10. The van der Waals surface area contributed by atoms with Crippen LogP contribution in [0.15, 0.2) is 24.3 Å². The summed E-state index contributed by atoms with van der Waals surface area (Å²) in [6.07, 6.45) is 1.09. The molecule has 3 nitrogen and oxygen atoms in total. The van der Waals surface area contributed by atoms with Crippen LogP contribution in [-0.4, -0.2) is 28.4 Å². The lowest BCUT2D eigenvalue weighted by molar-refractivity contribution is 0.775. The first kappa shape index (κ1) is 13.3. The van der Waals surface area contributed by atoms with Crippen LogP contribution >= 0.6 is 15.9 Å². The molecule has 1 atom stereocenters. The Bertz CT molecular complexity index is 540. The van der Waals surface area contributed by atoms with E-state index in [0.29, 0.717) is 4.83 Å². The second kappa shape index (κ2) is 5.65. The smallest absolute Gasteiger partial charge is 0.150 e. The Balaban J connectivity index is 2.29. The zero-order valence-corrected chi connectivity index (χ0v) is 12.6. The fraction of sp³-hybridized carbons (Fsp3) is 0.429. The Morgan fingerprint density at radius 1 is 1.22 bits per heavy atom. The summed E-state index contributed by atoms with van der Waals surface area (Å²) in [6.45, 7) is 5.15. The van der Waals surface area contributed by atoms with Gasteiger partial charge in [-0.1, -0.05) is 35.0 Å². The minimum absolute atomic E-state index is 0.522. The number of rotatable bonds is 4. The monoisotopic (exact) mass is 307 g/mol. The highest BCUT2D eigenvalue weighted by Crippen LogP contribution is 2.19. The van der Waals surface area contributed by atoms with E-state index in [1.165, 1.54) is 0 Å². The topological polar surface area (TPSA) is 29.0 Å². The molecule has 0 amide bonds.